The summed E-state index contributed by atoms with van der Waals surface area (Å²) in [5.41, 5.74) is 2.38. The van der Waals surface area contributed by atoms with Crippen LogP contribution in [0, 0.1) is 0 Å². The monoisotopic (exact) mass is 324 g/mol. The lowest BCUT2D eigenvalue weighted by Gasteiger charge is -2.31. The van der Waals surface area contributed by atoms with Crippen LogP contribution in [-0.2, 0) is 21.2 Å². The number of ether oxygens (including phenoxy) is 1. The average Bonchev–Trinajstić information content (AvgIpc) is 2.47. The molecule has 1 aliphatic carbocycles. The Labute approximate surface area is 132 Å². The molecule has 0 bridgehead atoms. The third-order valence-corrected chi connectivity index (χ3v) is 5.89. The zero-order valence-electron chi connectivity index (χ0n) is 13.0. The van der Waals surface area contributed by atoms with E-state index in [1.165, 1.54) is 5.56 Å². The van der Waals surface area contributed by atoms with Crippen LogP contribution in [-0.4, -0.2) is 51.9 Å². The summed E-state index contributed by atoms with van der Waals surface area (Å²) in [5, 5.41) is 0. The van der Waals surface area contributed by atoms with Gasteiger partial charge in [0.15, 0.2) is 0 Å². The lowest BCUT2D eigenvalue weighted by atomic mass is 9.88. The van der Waals surface area contributed by atoms with E-state index in [9.17, 15) is 8.42 Å². The van der Waals surface area contributed by atoms with Gasteiger partial charge in [-0.25, -0.2) is 13.1 Å². The van der Waals surface area contributed by atoms with E-state index in [-0.39, 0.29) is 17.9 Å². The molecule has 1 saturated heterocycles. The molecule has 2 atom stereocenters. The van der Waals surface area contributed by atoms with Crippen LogP contribution in [0.4, 0.5) is 0 Å². The van der Waals surface area contributed by atoms with E-state index in [1.807, 2.05) is 25.2 Å². The summed E-state index contributed by atoms with van der Waals surface area (Å²) in [5.74, 6) is 0.0377. The molecule has 0 amide bonds. The van der Waals surface area contributed by atoms with Crippen molar-refractivity contribution in [3.8, 4) is 0 Å². The first kappa shape index (κ1) is 15.9. The molecule has 1 heterocycles. The van der Waals surface area contributed by atoms with E-state index >= 15 is 0 Å². The topological polar surface area (TPSA) is 58.6 Å². The molecule has 122 valence electrons. The number of nitrogens with zero attached hydrogens (tertiary/aromatic N) is 1. The molecule has 1 aromatic rings. The van der Waals surface area contributed by atoms with Crippen molar-refractivity contribution in [2.45, 2.75) is 31.4 Å². The van der Waals surface area contributed by atoms with E-state index in [1.54, 1.807) is 0 Å². The zero-order chi connectivity index (χ0) is 15.6. The first-order chi connectivity index (χ1) is 10.5. The Hall–Kier alpha value is -0.950. The summed E-state index contributed by atoms with van der Waals surface area (Å²) in [6, 6.07) is 8.02. The summed E-state index contributed by atoms with van der Waals surface area (Å²) in [4.78, 5) is 2.11. The van der Waals surface area contributed by atoms with Crippen LogP contribution in [0.5, 0.6) is 0 Å². The minimum atomic E-state index is -3.35. The fourth-order valence-electron chi connectivity index (χ4n) is 3.35. The van der Waals surface area contributed by atoms with Gasteiger partial charge in [-0.05, 0) is 37.4 Å². The van der Waals surface area contributed by atoms with E-state index in [4.69, 9.17) is 4.74 Å². The van der Waals surface area contributed by atoms with Crippen molar-refractivity contribution in [3.63, 3.8) is 0 Å². The fourth-order valence-corrected chi connectivity index (χ4v) is 4.82. The van der Waals surface area contributed by atoms with E-state index in [2.05, 4.69) is 15.7 Å². The molecule has 0 aromatic heterocycles. The molecule has 22 heavy (non-hydrogen) atoms. The van der Waals surface area contributed by atoms with Gasteiger partial charge >= 0.3 is 0 Å². The molecule has 2 unspecified atom stereocenters. The van der Waals surface area contributed by atoms with Gasteiger partial charge in [-0.1, -0.05) is 24.3 Å². The molecular formula is C16H24N2O3S. The number of fused-ring (bicyclic) bond motifs is 1. The summed E-state index contributed by atoms with van der Waals surface area (Å²) >= 11 is 0. The average molecular weight is 324 g/mol. The van der Waals surface area contributed by atoms with Crippen LogP contribution in [0.3, 0.4) is 0 Å². The predicted molar refractivity (Wildman–Crippen MR) is 86.3 cm³/mol. The van der Waals surface area contributed by atoms with Crippen molar-refractivity contribution in [1.29, 1.82) is 0 Å². The molecule has 1 aliphatic heterocycles. The number of rotatable bonds is 4. The first-order valence-electron chi connectivity index (χ1n) is 7.91. The SMILES string of the molecule is CN1CCOC(CS(=O)(=O)NC2CCCc3ccccc32)C1. The number of aryl methyl sites for hydroxylation is 1. The van der Waals surface area contributed by atoms with Crippen molar-refractivity contribution < 1.29 is 13.2 Å². The minimum absolute atomic E-state index is 0.0377. The van der Waals surface area contributed by atoms with Crippen molar-refractivity contribution in [2.24, 2.45) is 0 Å². The van der Waals surface area contributed by atoms with E-state index < -0.39 is 10.0 Å². The highest BCUT2D eigenvalue weighted by Gasteiger charge is 2.28. The number of morpholine rings is 1. The molecule has 1 fully saturated rings. The highest BCUT2D eigenvalue weighted by atomic mass is 32.2. The maximum atomic E-state index is 12.5. The Morgan fingerprint density at radius 3 is 3.00 bits per heavy atom. The smallest absolute Gasteiger partial charge is 0.214 e. The van der Waals surface area contributed by atoms with Crippen molar-refractivity contribution >= 4 is 10.0 Å². The fraction of sp³-hybridized carbons (Fsp3) is 0.625. The molecule has 5 nitrogen and oxygen atoms in total. The van der Waals surface area contributed by atoms with Gasteiger partial charge in [0.05, 0.1) is 18.5 Å². The Morgan fingerprint density at radius 1 is 1.36 bits per heavy atom. The maximum Gasteiger partial charge on any atom is 0.214 e. The summed E-state index contributed by atoms with van der Waals surface area (Å²) in [6.45, 7) is 2.13. The number of nitrogens with one attached hydrogen (secondary N) is 1. The van der Waals surface area contributed by atoms with Gasteiger partial charge in [-0.2, -0.15) is 0 Å². The second kappa shape index (κ2) is 6.66. The Balaban J connectivity index is 1.67. The number of likely N-dealkylation sites (N-methyl/N-ethyl adjacent to an activating group) is 1. The van der Waals surface area contributed by atoms with Crippen LogP contribution in [0.25, 0.3) is 0 Å². The number of hydrogen-bond acceptors (Lipinski definition) is 4. The van der Waals surface area contributed by atoms with Gasteiger partial charge < -0.3 is 9.64 Å². The minimum Gasteiger partial charge on any atom is -0.374 e. The predicted octanol–water partition coefficient (Wildman–Crippen LogP) is 1.31. The standard InChI is InChI=1S/C16H24N2O3S/c1-18-9-10-21-14(11-18)12-22(19,20)17-16-8-4-6-13-5-2-3-7-15(13)16/h2-3,5,7,14,16-17H,4,6,8-12H2,1H3. The lowest BCUT2D eigenvalue weighted by Crippen LogP contribution is -2.45. The summed E-state index contributed by atoms with van der Waals surface area (Å²) in [7, 11) is -1.36. The van der Waals surface area contributed by atoms with E-state index in [0.717, 1.165) is 31.4 Å². The Bertz CT molecular complexity index is 618. The molecule has 0 saturated carbocycles. The second-order valence-corrected chi connectivity index (χ2v) is 8.10. The second-order valence-electron chi connectivity index (χ2n) is 6.30. The molecule has 6 heteroatoms. The van der Waals surface area contributed by atoms with E-state index in [0.29, 0.717) is 13.2 Å². The van der Waals surface area contributed by atoms with Crippen molar-refractivity contribution in [3.05, 3.63) is 35.4 Å². The number of sulfonamides is 1. The molecule has 3 rings (SSSR count). The van der Waals surface area contributed by atoms with Gasteiger partial charge in [0, 0.05) is 19.1 Å². The lowest BCUT2D eigenvalue weighted by molar-refractivity contribution is -0.00693. The molecule has 0 radical (unpaired) electrons. The quantitative estimate of drug-likeness (QED) is 0.907. The number of benzene rings is 1. The summed E-state index contributed by atoms with van der Waals surface area (Å²) in [6.07, 6.45) is 2.68. The molecule has 0 spiro atoms. The largest absolute Gasteiger partial charge is 0.374 e. The van der Waals surface area contributed by atoms with Gasteiger partial charge in [0.2, 0.25) is 10.0 Å². The first-order valence-corrected chi connectivity index (χ1v) is 9.57. The van der Waals surface area contributed by atoms with Crippen molar-refractivity contribution in [1.82, 2.24) is 9.62 Å². The number of hydrogen-bond donors (Lipinski definition) is 1. The molecular weight excluding hydrogens is 300 g/mol. The van der Waals surface area contributed by atoms with Gasteiger partial charge in [-0.3, -0.25) is 0 Å². The zero-order valence-corrected chi connectivity index (χ0v) is 13.8. The Morgan fingerprint density at radius 2 is 2.18 bits per heavy atom. The maximum absolute atomic E-state index is 12.5. The third-order valence-electron chi connectivity index (χ3n) is 4.44. The highest BCUT2D eigenvalue weighted by Crippen LogP contribution is 2.30. The normalized spacial score (nSPS) is 26.6. The van der Waals surface area contributed by atoms with Gasteiger partial charge in [0.25, 0.3) is 0 Å². The molecule has 1 aromatic carbocycles. The van der Waals surface area contributed by atoms with Crippen LogP contribution < -0.4 is 4.72 Å². The van der Waals surface area contributed by atoms with Crippen LogP contribution >= 0.6 is 0 Å². The third kappa shape index (κ3) is 3.87. The highest BCUT2D eigenvalue weighted by molar-refractivity contribution is 7.89. The molecule has 2 aliphatic rings. The van der Waals surface area contributed by atoms with Crippen LogP contribution in [0.15, 0.2) is 24.3 Å². The van der Waals surface area contributed by atoms with Crippen LogP contribution in [0.2, 0.25) is 0 Å². The Kier molecular flexibility index (Phi) is 4.82. The summed E-state index contributed by atoms with van der Waals surface area (Å²) < 4.78 is 33.4. The van der Waals surface area contributed by atoms with Gasteiger partial charge in [-0.15, -0.1) is 0 Å². The van der Waals surface area contributed by atoms with Gasteiger partial charge in [0.1, 0.15) is 0 Å². The van der Waals surface area contributed by atoms with Crippen molar-refractivity contribution in [2.75, 3.05) is 32.5 Å². The molecule has 1 N–H and O–H groups in total. The van der Waals surface area contributed by atoms with Crippen LogP contribution in [0.1, 0.15) is 30.0 Å².